The summed E-state index contributed by atoms with van der Waals surface area (Å²) in [7, 11) is 0. The third kappa shape index (κ3) is 4.30. The Bertz CT molecular complexity index is 373. The average molecular weight is 234 g/mol. The SMILES string of the molecule is Nc1ccc(NCCCC(=O)NC2CC2)cn1. The van der Waals surface area contributed by atoms with Crippen molar-refractivity contribution >= 4 is 17.4 Å². The number of pyridine rings is 1. The molecule has 0 aromatic carbocycles. The number of nitrogens with two attached hydrogens (primary N) is 1. The van der Waals surface area contributed by atoms with Gasteiger partial charge in [-0.3, -0.25) is 4.79 Å². The maximum atomic E-state index is 11.4. The van der Waals surface area contributed by atoms with Gasteiger partial charge in [0, 0.05) is 19.0 Å². The largest absolute Gasteiger partial charge is 0.384 e. The lowest BCUT2D eigenvalue weighted by atomic mass is 10.3. The number of aromatic nitrogens is 1. The lowest BCUT2D eigenvalue weighted by Crippen LogP contribution is -2.25. The number of carbonyl (C=O) groups excluding carboxylic acids is 1. The molecule has 1 aromatic rings. The second-order valence-electron chi connectivity index (χ2n) is 4.34. The molecule has 0 atom stereocenters. The monoisotopic (exact) mass is 234 g/mol. The molecule has 0 spiro atoms. The number of nitrogens with one attached hydrogen (secondary N) is 2. The zero-order chi connectivity index (χ0) is 12.1. The quantitative estimate of drug-likeness (QED) is 0.645. The Morgan fingerprint density at radius 3 is 2.94 bits per heavy atom. The lowest BCUT2D eigenvalue weighted by Gasteiger charge is -2.06. The van der Waals surface area contributed by atoms with E-state index in [1.54, 1.807) is 12.3 Å². The van der Waals surface area contributed by atoms with Crippen LogP contribution in [0.2, 0.25) is 0 Å². The highest BCUT2D eigenvalue weighted by Gasteiger charge is 2.22. The highest BCUT2D eigenvalue weighted by molar-refractivity contribution is 5.76. The molecule has 1 heterocycles. The van der Waals surface area contributed by atoms with E-state index in [1.807, 2.05) is 6.07 Å². The maximum Gasteiger partial charge on any atom is 0.220 e. The minimum absolute atomic E-state index is 0.157. The standard InChI is InChI=1S/C12H18N4O/c13-11-6-5-10(8-15-11)14-7-1-2-12(17)16-9-3-4-9/h5-6,8-9,14H,1-4,7H2,(H2,13,15)(H,16,17). The Morgan fingerprint density at radius 2 is 2.29 bits per heavy atom. The summed E-state index contributed by atoms with van der Waals surface area (Å²) in [5.74, 6) is 0.670. The number of hydrogen-bond donors (Lipinski definition) is 3. The van der Waals surface area contributed by atoms with Gasteiger partial charge in [0.1, 0.15) is 5.82 Å². The summed E-state index contributed by atoms with van der Waals surface area (Å²) in [5.41, 5.74) is 6.41. The third-order valence-electron chi connectivity index (χ3n) is 2.64. The Morgan fingerprint density at radius 1 is 1.47 bits per heavy atom. The highest BCUT2D eigenvalue weighted by atomic mass is 16.1. The third-order valence-corrected chi connectivity index (χ3v) is 2.64. The molecule has 5 nitrogen and oxygen atoms in total. The van der Waals surface area contributed by atoms with Crippen LogP contribution in [0.3, 0.4) is 0 Å². The summed E-state index contributed by atoms with van der Waals surface area (Å²) in [6.45, 7) is 0.768. The summed E-state index contributed by atoms with van der Waals surface area (Å²) in [4.78, 5) is 15.4. The first kappa shape index (κ1) is 11.7. The summed E-state index contributed by atoms with van der Waals surface area (Å²) in [6, 6.07) is 4.09. The average Bonchev–Trinajstić information content (AvgIpc) is 3.11. The normalized spacial score (nSPS) is 14.4. The number of hydrogen-bond acceptors (Lipinski definition) is 4. The summed E-state index contributed by atoms with van der Waals surface area (Å²) in [6.07, 6.45) is 5.37. The predicted molar refractivity (Wildman–Crippen MR) is 67.5 cm³/mol. The van der Waals surface area contributed by atoms with Gasteiger partial charge in [-0.15, -0.1) is 0 Å². The van der Waals surface area contributed by atoms with E-state index in [0.717, 1.165) is 31.5 Å². The maximum absolute atomic E-state index is 11.4. The molecule has 0 radical (unpaired) electrons. The van der Waals surface area contributed by atoms with Gasteiger partial charge in [-0.25, -0.2) is 4.98 Å². The zero-order valence-electron chi connectivity index (χ0n) is 9.78. The molecular weight excluding hydrogens is 216 g/mol. The molecule has 5 heteroatoms. The Kier molecular flexibility index (Phi) is 3.80. The highest BCUT2D eigenvalue weighted by Crippen LogP contribution is 2.18. The molecule has 1 aliphatic rings. The van der Waals surface area contributed by atoms with Crippen molar-refractivity contribution in [3.63, 3.8) is 0 Å². The van der Waals surface area contributed by atoms with Crippen molar-refractivity contribution in [1.82, 2.24) is 10.3 Å². The van der Waals surface area contributed by atoms with Crippen LogP contribution in [-0.4, -0.2) is 23.5 Å². The molecule has 0 saturated heterocycles. The molecule has 4 N–H and O–H groups in total. The predicted octanol–water partition coefficient (Wildman–Crippen LogP) is 1.13. The van der Waals surface area contributed by atoms with Crippen molar-refractivity contribution in [3.8, 4) is 0 Å². The van der Waals surface area contributed by atoms with E-state index in [0.29, 0.717) is 18.3 Å². The molecule has 92 valence electrons. The van der Waals surface area contributed by atoms with Crippen molar-refractivity contribution < 1.29 is 4.79 Å². The van der Waals surface area contributed by atoms with E-state index >= 15 is 0 Å². The van der Waals surface area contributed by atoms with Crippen LogP contribution in [0.4, 0.5) is 11.5 Å². The van der Waals surface area contributed by atoms with Crippen LogP contribution in [0.15, 0.2) is 18.3 Å². The molecule has 1 aromatic heterocycles. The van der Waals surface area contributed by atoms with Gasteiger partial charge in [-0.1, -0.05) is 0 Å². The summed E-state index contributed by atoms with van der Waals surface area (Å²) >= 11 is 0. The molecule has 17 heavy (non-hydrogen) atoms. The fraction of sp³-hybridized carbons (Fsp3) is 0.500. The molecule has 1 fully saturated rings. The van der Waals surface area contributed by atoms with E-state index in [2.05, 4.69) is 15.6 Å². The number of amides is 1. The molecule has 1 aliphatic carbocycles. The number of anilines is 2. The second kappa shape index (κ2) is 5.52. The number of nitrogen functional groups attached to an aromatic ring is 1. The van der Waals surface area contributed by atoms with Crippen molar-refractivity contribution in [2.75, 3.05) is 17.6 Å². The fourth-order valence-corrected chi connectivity index (χ4v) is 1.52. The van der Waals surface area contributed by atoms with Gasteiger partial charge in [0.05, 0.1) is 11.9 Å². The van der Waals surface area contributed by atoms with E-state index in [9.17, 15) is 4.79 Å². The van der Waals surface area contributed by atoms with Gasteiger partial charge in [0.25, 0.3) is 0 Å². The Balaban J connectivity index is 1.59. The van der Waals surface area contributed by atoms with Crippen molar-refractivity contribution in [2.45, 2.75) is 31.7 Å². The summed E-state index contributed by atoms with van der Waals surface area (Å²) in [5, 5.41) is 6.16. The topological polar surface area (TPSA) is 80.0 Å². The van der Waals surface area contributed by atoms with Crippen LogP contribution in [-0.2, 0) is 4.79 Å². The van der Waals surface area contributed by atoms with E-state index < -0.39 is 0 Å². The van der Waals surface area contributed by atoms with Crippen LogP contribution in [0.5, 0.6) is 0 Å². The molecule has 2 rings (SSSR count). The molecule has 1 amide bonds. The van der Waals surface area contributed by atoms with Gasteiger partial charge < -0.3 is 16.4 Å². The first-order valence-corrected chi connectivity index (χ1v) is 5.99. The van der Waals surface area contributed by atoms with Gasteiger partial charge in [-0.05, 0) is 31.4 Å². The van der Waals surface area contributed by atoms with E-state index in [1.165, 1.54) is 0 Å². The van der Waals surface area contributed by atoms with Gasteiger partial charge in [0.15, 0.2) is 0 Å². The number of nitrogens with zero attached hydrogens (tertiary/aromatic N) is 1. The van der Waals surface area contributed by atoms with Crippen molar-refractivity contribution in [3.05, 3.63) is 18.3 Å². The smallest absolute Gasteiger partial charge is 0.220 e. The van der Waals surface area contributed by atoms with Crippen molar-refractivity contribution in [1.29, 1.82) is 0 Å². The summed E-state index contributed by atoms with van der Waals surface area (Å²) < 4.78 is 0. The Labute approximate surface area is 101 Å². The fourth-order valence-electron chi connectivity index (χ4n) is 1.52. The second-order valence-corrected chi connectivity index (χ2v) is 4.34. The van der Waals surface area contributed by atoms with Crippen LogP contribution in [0.25, 0.3) is 0 Å². The van der Waals surface area contributed by atoms with Gasteiger partial charge in [-0.2, -0.15) is 0 Å². The number of rotatable bonds is 6. The minimum Gasteiger partial charge on any atom is -0.384 e. The molecule has 0 unspecified atom stereocenters. The zero-order valence-corrected chi connectivity index (χ0v) is 9.78. The van der Waals surface area contributed by atoms with Gasteiger partial charge >= 0.3 is 0 Å². The minimum atomic E-state index is 0.157. The number of carbonyl (C=O) groups is 1. The first-order valence-electron chi connectivity index (χ1n) is 5.99. The van der Waals surface area contributed by atoms with Crippen LogP contribution in [0.1, 0.15) is 25.7 Å². The van der Waals surface area contributed by atoms with Gasteiger partial charge in [0.2, 0.25) is 5.91 Å². The van der Waals surface area contributed by atoms with Crippen LogP contribution < -0.4 is 16.4 Å². The lowest BCUT2D eigenvalue weighted by molar-refractivity contribution is -0.121. The molecule has 0 bridgehead atoms. The molecule has 1 saturated carbocycles. The molecular formula is C12H18N4O. The molecule has 0 aliphatic heterocycles. The first-order chi connectivity index (χ1) is 8.24. The van der Waals surface area contributed by atoms with E-state index in [-0.39, 0.29) is 5.91 Å². The Hall–Kier alpha value is -1.78. The van der Waals surface area contributed by atoms with Crippen LogP contribution in [0, 0.1) is 0 Å². The van der Waals surface area contributed by atoms with Crippen molar-refractivity contribution in [2.24, 2.45) is 0 Å². The van der Waals surface area contributed by atoms with E-state index in [4.69, 9.17) is 5.73 Å². The van der Waals surface area contributed by atoms with Crippen LogP contribution >= 0.6 is 0 Å².